The number of hydrogen-bond donors (Lipinski definition) is 1. The van der Waals surface area contributed by atoms with Crippen LogP contribution >= 0.6 is 11.3 Å². The molecule has 2 heterocycles. The smallest absolute Gasteiger partial charge is 0.131 e. The lowest BCUT2D eigenvalue weighted by atomic mass is 10.2. The molecule has 0 radical (unpaired) electrons. The molecule has 0 unspecified atom stereocenters. The van der Waals surface area contributed by atoms with E-state index < -0.39 is 0 Å². The lowest BCUT2D eigenvalue weighted by Gasteiger charge is -2.06. The van der Waals surface area contributed by atoms with E-state index in [1.807, 2.05) is 6.07 Å². The summed E-state index contributed by atoms with van der Waals surface area (Å²) in [6.45, 7) is 7.14. The van der Waals surface area contributed by atoms with E-state index in [-0.39, 0.29) is 0 Å². The molecule has 0 amide bonds. The quantitative estimate of drug-likeness (QED) is 0.898. The van der Waals surface area contributed by atoms with Gasteiger partial charge in [-0.2, -0.15) is 0 Å². The van der Waals surface area contributed by atoms with Crippen LogP contribution in [0.25, 0.3) is 11.3 Å². The topological polar surface area (TPSA) is 37.8 Å². The molecule has 2 rings (SSSR count). The van der Waals surface area contributed by atoms with Crippen LogP contribution in [-0.4, -0.2) is 16.5 Å². The molecule has 0 aromatic carbocycles. The Bertz CT molecular complexity index is 505. The highest BCUT2D eigenvalue weighted by atomic mass is 32.1. The predicted octanol–water partition coefficient (Wildman–Crippen LogP) is 3.51. The number of aryl methyl sites for hydroxylation is 2. The maximum atomic E-state index is 4.57. The molecule has 0 aliphatic rings. The normalized spacial score (nSPS) is 10.5. The Morgan fingerprint density at radius 1 is 1.24 bits per heavy atom. The van der Waals surface area contributed by atoms with Gasteiger partial charge in [-0.3, -0.25) is 0 Å². The maximum absolute atomic E-state index is 4.57. The van der Waals surface area contributed by atoms with Gasteiger partial charge in [0.15, 0.2) is 0 Å². The molecule has 0 bridgehead atoms. The zero-order valence-electron chi connectivity index (χ0n) is 10.4. The Hall–Kier alpha value is -1.42. The summed E-state index contributed by atoms with van der Waals surface area (Å²) >= 11 is 1.75. The molecule has 90 valence electrons. The first-order chi connectivity index (χ1) is 8.22. The molecule has 0 saturated heterocycles. The number of aromatic nitrogens is 2. The van der Waals surface area contributed by atoms with E-state index in [0.29, 0.717) is 0 Å². The lowest BCUT2D eigenvalue weighted by molar-refractivity contribution is 0.940. The molecule has 0 fully saturated rings. The molecule has 2 aromatic rings. The number of thiophene rings is 1. The van der Waals surface area contributed by atoms with Crippen molar-refractivity contribution in [3.63, 3.8) is 0 Å². The maximum Gasteiger partial charge on any atom is 0.131 e. The van der Waals surface area contributed by atoms with Crippen LogP contribution in [0.2, 0.25) is 0 Å². The number of nitrogens with one attached hydrogen (secondary N) is 1. The number of nitrogens with zero attached hydrogens (tertiary/aromatic N) is 2. The molecule has 0 spiro atoms. The molecule has 4 heteroatoms. The van der Waals surface area contributed by atoms with Gasteiger partial charge in [-0.05, 0) is 19.9 Å². The summed E-state index contributed by atoms with van der Waals surface area (Å²) in [4.78, 5) is 10.3. The third-order valence-corrected chi connectivity index (χ3v) is 3.33. The Balaban J connectivity index is 2.42. The van der Waals surface area contributed by atoms with Crippen LogP contribution in [0.5, 0.6) is 0 Å². The fraction of sp³-hybridized carbons (Fsp3) is 0.385. The van der Waals surface area contributed by atoms with E-state index in [1.165, 1.54) is 10.4 Å². The summed E-state index contributed by atoms with van der Waals surface area (Å²) in [5.74, 6) is 1.81. The first-order valence-corrected chi connectivity index (χ1v) is 6.78. The lowest BCUT2D eigenvalue weighted by Crippen LogP contribution is -2.03. The molecular weight excluding hydrogens is 230 g/mol. The molecule has 0 saturated carbocycles. The highest BCUT2D eigenvalue weighted by molar-refractivity contribution is 7.10. The predicted molar refractivity (Wildman–Crippen MR) is 73.6 cm³/mol. The van der Waals surface area contributed by atoms with Gasteiger partial charge in [-0.1, -0.05) is 6.92 Å². The molecule has 0 aliphatic carbocycles. The SMILES string of the molecule is CCNc1cc(-c2csc(C)c2)nc(CC)n1. The standard InChI is InChI=1S/C13H17N3S/c1-4-12-15-11(7-13(16-12)14-5-2)10-6-9(3)17-8-10/h6-8H,4-5H2,1-3H3,(H,14,15,16). The Morgan fingerprint density at radius 3 is 2.65 bits per heavy atom. The van der Waals surface area contributed by atoms with Crippen molar-refractivity contribution < 1.29 is 0 Å². The van der Waals surface area contributed by atoms with Gasteiger partial charge in [0.25, 0.3) is 0 Å². The van der Waals surface area contributed by atoms with Crippen molar-refractivity contribution in [2.24, 2.45) is 0 Å². The van der Waals surface area contributed by atoms with Gasteiger partial charge in [0.1, 0.15) is 11.6 Å². The third-order valence-electron chi connectivity index (χ3n) is 2.47. The Kier molecular flexibility index (Phi) is 3.74. The van der Waals surface area contributed by atoms with Crippen molar-refractivity contribution in [2.45, 2.75) is 27.2 Å². The largest absolute Gasteiger partial charge is 0.370 e. The van der Waals surface area contributed by atoms with E-state index in [1.54, 1.807) is 11.3 Å². The van der Waals surface area contributed by atoms with Gasteiger partial charge >= 0.3 is 0 Å². The highest BCUT2D eigenvalue weighted by Crippen LogP contribution is 2.25. The summed E-state index contributed by atoms with van der Waals surface area (Å²) in [5, 5.41) is 5.40. The van der Waals surface area contributed by atoms with E-state index in [9.17, 15) is 0 Å². The van der Waals surface area contributed by atoms with Crippen LogP contribution in [-0.2, 0) is 6.42 Å². The van der Waals surface area contributed by atoms with Crippen LogP contribution in [0.3, 0.4) is 0 Å². The van der Waals surface area contributed by atoms with Crippen LogP contribution < -0.4 is 5.32 Å². The van der Waals surface area contributed by atoms with Crippen molar-refractivity contribution in [1.82, 2.24) is 9.97 Å². The molecule has 17 heavy (non-hydrogen) atoms. The summed E-state index contributed by atoms with van der Waals surface area (Å²) in [6, 6.07) is 4.19. The van der Waals surface area contributed by atoms with Crippen molar-refractivity contribution >= 4 is 17.2 Å². The van der Waals surface area contributed by atoms with E-state index in [0.717, 1.165) is 30.3 Å². The van der Waals surface area contributed by atoms with Gasteiger partial charge in [0.2, 0.25) is 0 Å². The average molecular weight is 247 g/mol. The van der Waals surface area contributed by atoms with Gasteiger partial charge in [-0.15, -0.1) is 11.3 Å². The second-order valence-corrected chi connectivity index (χ2v) is 5.00. The zero-order valence-corrected chi connectivity index (χ0v) is 11.3. The van der Waals surface area contributed by atoms with Crippen LogP contribution in [0.4, 0.5) is 5.82 Å². The van der Waals surface area contributed by atoms with Crippen LogP contribution in [0.1, 0.15) is 24.5 Å². The fourth-order valence-corrected chi connectivity index (χ4v) is 2.35. The van der Waals surface area contributed by atoms with Crippen molar-refractivity contribution in [3.8, 4) is 11.3 Å². The van der Waals surface area contributed by atoms with Gasteiger partial charge in [0, 0.05) is 34.9 Å². The van der Waals surface area contributed by atoms with Crippen molar-refractivity contribution in [2.75, 3.05) is 11.9 Å². The summed E-state index contributed by atoms with van der Waals surface area (Å²) in [5.41, 5.74) is 2.20. The van der Waals surface area contributed by atoms with Gasteiger partial charge in [-0.25, -0.2) is 9.97 Å². The summed E-state index contributed by atoms with van der Waals surface area (Å²) in [7, 11) is 0. The van der Waals surface area contributed by atoms with Crippen LogP contribution in [0.15, 0.2) is 17.5 Å². The van der Waals surface area contributed by atoms with E-state index in [4.69, 9.17) is 0 Å². The second kappa shape index (κ2) is 5.27. The Morgan fingerprint density at radius 2 is 2.06 bits per heavy atom. The minimum Gasteiger partial charge on any atom is -0.370 e. The molecule has 1 N–H and O–H groups in total. The average Bonchev–Trinajstić information content (AvgIpc) is 2.76. The third kappa shape index (κ3) is 2.82. The molecule has 0 aliphatic heterocycles. The monoisotopic (exact) mass is 247 g/mol. The minimum atomic E-state index is 0.857. The number of hydrogen-bond acceptors (Lipinski definition) is 4. The van der Waals surface area contributed by atoms with Crippen LogP contribution in [0, 0.1) is 6.92 Å². The highest BCUT2D eigenvalue weighted by Gasteiger charge is 2.06. The summed E-state index contributed by atoms with van der Waals surface area (Å²) < 4.78 is 0. The zero-order chi connectivity index (χ0) is 12.3. The molecule has 0 atom stereocenters. The van der Waals surface area contributed by atoms with E-state index >= 15 is 0 Å². The second-order valence-electron chi connectivity index (χ2n) is 3.88. The Labute approximate surface area is 106 Å². The van der Waals surface area contributed by atoms with Crippen molar-refractivity contribution in [1.29, 1.82) is 0 Å². The minimum absolute atomic E-state index is 0.857. The van der Waals surface area contributed by atoms with Gasteiger partial charge < -0.3 is 5.32 Å². The first-order valence-electron chi connectivity index (χ1n) is 5.90. The summed E-state index contributed by atoms with van der Waals surface area (Å²) in [6.07, 6.45) is 0.857. The molecule has 3 nitrogen and oxygen atoms in total. The first kappa shape index (κ1) is 12.0. The van der Waals surface area contributed by atoms with Gasteiger partial charge in [0.05, 0.1) is 5.69 Å². The van der Waals surface area contributed by atoms with Crippen molar-refractivity contribution in [3.05, 3.63) is 28.2 Å². The number of rotatable bonds is 4. The van der Waals surface area contributed by atoms with E-state index in [2.05, 4.69) is 47.5 Å². The number of anilines is 1. The molecule has 2 aromatic heterocycles. The fourth-order valence-electron chi connectivity index (χ4n) is 1.65. The molecular formula is C13H17N3S.